The lowest BCUT2D eigenvalue weighted by Gasteiger charge is -2.35. The molecule has 0 unspecified atom stereocenters. The van der Waals surface area contributed by atoms with E-state index in [0.717, 1.165) is 69.1 Å². The van der Waals surface area contributed by atoms with Crippen LogP contribution in [0.3, 0.4) is 0 Å². The number of amides is 2. The molecule has 2 amide bonds. The lowest BCUT2D eigenvalue weighted by atomic mass is 9.86. The highest BCUT2D eigenvalue weighted by Gasteiger charge is 2.28. The van der Waals surface area contributed by atoms with Crippen LogP contribution in [0.25, 0.3) is 0 Å². The van der Waals surface area contributed by atoms with Crippen LogP contribution < -0.4 is 15.0 Å². The Labute approximate surface area is 208 Å². The first-order chi connectivity index (χ1) is 17.2. The van der Waals surface area contributed by atoms with E-state index in [4.69, 9.17) is 4.74 Å². The van der Waals surface area contributed by atoms with Crippen molar-refractivity contribution in [3.63, 3.8) is 0 Å². The number of rotatable bonds is 8. The van der Waals surface area contributed by atoms with Gasteiger partial charge in [0.2, 0.25) is 0 Å². The standard InChI is InChI=1S/C28H36N4O3/c33-27-21-35-26-10-4-3-9-25(26)32(27)20-19-31-16-11-22(12-17-31)23-7-1-2-8-24(23)28(34)29-13-18-30-14-5-6-15-30/h1-4,7-10,22H,5-6,11-21H2,(H,29,34). The minimum atomic E-state index is 0.0169. The molecular formula is C28H36N4O3. The van der Waals surface area contributed by atoms with Crippen molar-refractivity contribution in [2.45, 2.75) is 31.6 Å². The van der Waals surface area contributed by atoms with Crippen LogP contribution >= 0.6 is 0 Å². The van der Waals surface area contributed by atoms with Gasteiger partial charge in [0.05, 0.1) is 5.69 Å². The molecule has 2 aromatic rings. The van der Waals surface area contributed by atoms with Crippen molar-refractivity contribution in [3.05, 3.63) is 59.7 Å². The Balaban J connectivity index is 1.13. The number of fused-ring (bicyclic) bond motifs is 1. The van der Waals surface area contributed by atoms with Crippen LogP contribution in [0.4, 0.5) is 5.69 Å². The van der Waals surface area contributed by atoms with Crippen molar-refractivity contribution in [1.29, 1.82) is 0 Å². The van der Waals surface area contributed by atoms with Gasteiger partial charge >= 0.3 is 0 Å². The number of carbonyl (C=O) groups excluding carboxylic acids is 2. The number of likely N-dealkylation sites (tertiary alicyclic amines) is 2. The predicted molar refractivity (Wildman–Crippen MR) is 137 cm³/mol. The second-order valence-electron chi connectivity index (χ2n) is 9.81. The van der Waals surface area contributed by atoms with Crippen molar-refractivity contribution in [2.75, 3.05) is 63.9 Å². The summed E-state index contributed by atoms with van der Waals surface area (Å²) in [5.41, 5.74) is 2.86. The van der Waals surface area contributed by atoms with Gasteiger partial charge in [-0.05, 0) is 81.5 Å². The number of benzene rings is 2. The molecule has 3 aliphatic heterocycles. The SMILES string of the molecule is O=C(NCCN1CCCC1)c1ccccc1C1CCN(CCN2C(=O)COc3ccccc32)CC1. The van der Waals surface area contributed by atoms with Gasteiger partial charge in [-0.1, -0.05) is 30.3 Å². The summed E-state index contributed by atoms with van der Waals surface area (Å²) in [6.07, 6.45) is 4.58. The smallest absolute Gasteiger partial charge is 0.265 e. The highest BCUT2D eigenvalue weighted by Crippen LogP contribution is 2.33. The van der Waals surface area contributed by atoms with E-state index in [1.54, 1.807) is 0 Å². The summed E-state index contributed by atoms with van der Waals surface area (Å²) in [5, 5.41) is 3.14. The predicted octanol–water partition coefficient (Wildman–Crippen LogP) is 3.12. The van der Waals surface area contributed by atoms with Crippen molar-refractivity contribution in [1.82, 2.24) is 15.1 Å². The molecule has 186 valence electrons. The second kappa shape index (κ2) is 11.2. The zero-order valence-electron chi connectivity index (χ0n) is 20.5. The molecule has 2 aromatic carbocycles. The Bertz CT molecular complexity index is 1030. The Kier molecular flexibility index (Phi) is 7.64. The summed E-state index contributed by atoms with van der Waals surface area (Å²) in [6.45, 7) is 7.48. The van der Waals surface area contributed by atoms with E-state index in [1.807, 2.05) is 47.4 Å². The molecule has 7 heteroatoms. The number of piperidine rings is 1. The third-order valence-electron chi connectivity index (χ3n) is 7.59. The molecule has 3 heterocycles. The highest BCUT2D eigenvalue weighted by molar-refractivity contribution is 5.97. The number of nitrogens with one attached hydrogen (secondary N) is 1. The zero-order chi connectivity index (χ0) is 24.0. The molecule has 35 heavy (non-hydrogen) atoms. The van der Waals surface area contributed by atoms with Crippen molar-refractivity contribution in [2.24, 2.45) is 0 Å². The molecular weight excluding hydrogens is 440 g/mol. The minimum Gasteiger partial charge on any atom is -0.482 e. The molecule has 0 radical (unpaired) electrons. The van der Waals surface area contributed by atoms with Gasteiger partial charge in [0.25, 0.3) is 11.8 Å². The number of para-hydroxylation sites is 2. The van der Waals surface area contributed by atoms with Gasteiger partial charge in [-0.3, -0.25) is 9.59 Å². The van der Waals surface area contributed by atoms with Crippen LogP contribution in [0.15, 0.2) is 48.5 Å². The summed E-state index contributed by atoms with van der Waals surface area (Å²) >= 11 is 0. The maximum Gasteiger partial charge on any atom is 0.265 e. The number of hydrogen-bond acceptors (Lipinski definition) is 5. The fraction of sp³-hybridized carbons (Fsp3) is 0.500. The Morgan fingerprint density at radius 3 is 2.43 bits per heavy atom. The van der Waals surface area contributed by atoms with Gasteiger partial charge < -0.3 is 24.8 Å². The topological polar surface area (TPSA) is 65.1 Å². The number of ether oxygens (including phenoxy) is 1. The van der Waals surface area contributed by atoms with E-state index >= 15 is 0 Å². The fourth-order valence-electron chi connectivity index (χ4n) is 5.60. The molecule has 0 saturated carbocycles. The first-order valence-corrected chi connectivity index (χ1v) is 13.0. The molecule has 0 atom stereocenters. The van der Waals surface area contributed by atoms with E-state index in [-0.39, 0.29) is 18.4 Å². The van der Waals surface area contributed by atoms with Crippen LogP contribution in [0.1, 0.15) is 47.5 Å². The van der Waals surface area contributed by atoms with Gasteiger partial charge in [-0.2, -0.15) is 0 Å². The average Bonchev–Trinajstić information content (AvgIpc) is 3.42. The molecule has 2 fully saturated rings. The summed E-state index contributed by atoms with van der Waals surface area (Å²) in [6, 6.07) is 15.8. The van der Waals surface area contributed by atoms with Crippen molar-refractivity contribution in [3.8, 4) is 5.75 Å². The van der Waals surface area contributed by atoms with Crippen LogP contribution in [-0.4, -0.2) is 80.6 Å². The van der Waals surface area contributed by atoms with Gasteiger partial charge in [0, 0.05) is 31.7 Å². The van der Waals surface area contributed by atoms with Crippen LogP contribution in [0.2, 0.25) is 0 Å². The molecule has 0 aromatic heterocycles. The van der Waals surface area contributed by atoms with Gasteiger partial charge in [0.1, 0.15) is 5.75 Å². The van der Waals surface area contributed by atoms with Crippen LogP contribution in [0, 0.1) is 0 Å². The van der Waals surface area contributed by atoms with Crippen molar-refractivity contribution >= 4 is 17.5 Å². The van der Waals surface area contributed by atoms with Crippen LogP contribution in [0.5, 0.6) is 5.75 Å². The van der Waals surface area contributed by atoms with E-state index < -0.39 is 0 Å². The third kappa shape index (κ3) is 5.68. The lowest BCUT2D eigenvalue weighted by Crippen LogP contribution is -2.45. The van der Waals surface area contributed by atoms with Crippen molar-refractivity contribution < 1.29 is 14.3 Å². The first-order valence-electron chi connectivity index (χ1n) is 13.0. The maximum atomic E-state index is 13.0. The molecule has 0 bridgehead atoms. The number of hydrogen-bond donors (Lipinski definition) is 1. The number of carbonyl (C=O) groups is 2. The molecule has 3 aliphatic rings. The largest absolute Gasteiger partial charge is 0.482 e. The highest BCUT2D eigenvalue weighted by atomic mass is 16.5. The van der Waals surface area contributed by atoms with E-state index in [9.17, 15) is 9.59 Å². The van der Waals surface area contributed by atoms with Gasteiger partial charge in [-0.15, -0.1) is 0 Å². The molecule has 1 N–H and O–H groups in total. The molecule has 0 spiro atoms. The van der Waals surface area contributed by atoms with E-state index in [0.29, 0.717) is 19.0 Å². The lowest BCUT2D eigenvalue weighted by molar-refractivity contribution is -0.121. The number of anilines is 1. The van der Waals surface area contributed by atoms with Gasteiger partial charge in [0.15, 0.2) is 6.61 Å². The first kappa shape index (κ1) is 23.8. The number of nitrogens with zero attached hydrogens (tertiary/aromatic N) is 3. The minimum absolute atomic E-state index is 0.0169. The Morgan fingerprint density at radius 1 is 0.886 bits per heavy atom. The van der Waals surface area contributed by atoms with E-state index in [2.05, 4.69) is 21.2 Å². The molecule has 0 aliphatic carbocycles. The summed E-state index contributed by atoms with van der Waals surface area (Å²) < 4.78 is 5.56. The fourth-order valence-corrected chi connectivity index (χ4v) is 5.60. The Hall–Kier alpha value is -2.90. The normalized spacial score (nSPS) is 19.4. The molecule has 5 rings (SSSR count). The summed E-state index contributed by atoms with van der Waals surface area (Å²) in [7, 11) is 0. The molecule has 2 saturated heterocycles. The van der Waals surface area contributed by atoms with Crippen LogP contribution in [-0.2, 0) is 4.79 Å². The van der Waals surface area contributed by atoms with Gasteiger partial charge in [-0.25, -0.2) is 0 Å². The second-order valence-corrected chi connectivity index (χ2v) is 9.81. The third-order valence-corrected chi connectivity index (χ3v) is 7.59. The van der Waals surface area contributed by atoms with E-state index in [1.165, 1.54) is 18.4 Å². The zero-order valence-corrected chi connectivity index (χ0v) is 20.5. The summed E-state index contributed by atoms with van der Waals surface area (Å²) in [4.78, 5) is 32.1. The monoisotopic (exact) mass is 476 g/mol. The average molecular weight is 477 g/mol. The maximum absolute atomic E-state index is 13.0. The molecule has 7 nitrogen and oxygen atoms in total. The Morgan fingerprint density at radius 2 is 1.60 bits per heavy atom. The quantitative estimate of drug-likeness (QED) is 0.634. The summed E-state index contributed by atoms with van der Waals surface area (Å²) in [5.74, 6) is 1.23.